The van der Waals surface area contributed by atoms with E-state index in [1.807, 2.05) is 18.2 Å². The third-order valence-corrected chi connectivity index (χ3v) is 3.63. The first kappa shape index (κ1) is 12.6. The number of carbonyl (C=O) groups excluding carboxylic acids is 1. The molecule has 1 aliphatic rings. The lowest BCUT2D eigenvalue weighted by Crippen LogP contribution is -2.24. The average molecular weight is 253 g/mol. The fourth-order valence-electron chi connectivity index (χ4n) is 2.24. The summed E-state index contributed by atoms with van der Waals surface area (Å²) in [6.07, 6.45) is 3.89. The quantitative estimate of drug-likeness (QED) is 0.767. The molecule has 0 amide bonds. The second-order valence-corrected chi connectivity index (χ2v) is 4.95. The Morgan fingerprint density at radius 1 is 1.18 bits per heavy atom. The van der Waals surface area contributed by atoms with Gasteiger partial charge in [0.2, 0.25) is 5.24 Å². The van der Waals surface area contributed by atoms with Crippen LogP contribution in [-0.4, -0.2) is 11.3 Å². The van der Waals surface area contributed by atoms with Gasteiger partial charge in [0.1, 0.15) is 0 Å². The standard InChI is InChI=1S/C14H17ClO2/c15-14(16)12-6-8-13(9-7-12)17-10-11-4-2-1-3-5-11/h1-5,12-13H,6-10H2. The van der Waals surface area contributed by atoms with Gasteiger partial charge in [0.15, 0.2) is 0 Å². The predicted octanol–water partition coefficient (Wildman–Crippen LogP) is 3.53. The first-order valence-electron chi connectivity index (χ1n) is 6.10. The number of ether oxygens (including phenoxy) is 1. The van der Waals surface area contributed by atoms with Crippen molar-refractivity contribution < 1.29 is 9.53 Å². The molecular formula is C14H17ClO2. The second kappa shape index (κ2) is 6.18. The lowest BCUT2D eigenvalue weighted by Gasteiger charge is -2.26. The monoisotopic (exact) mass is 252 g/mol. The summed E-state index contributed by atoms with van der Waals surface area (Å²) < 4.78 is 5.84. The Kier molecular flexibility index (Phi) is 4.57. The summed E-state index contributed by atoms with van der Waals surface area (Å²) in [4.78, 5) is 11.0. The summed E-state index contributed by atoms with van der Waals surface area (Å²) >= 11 is 5.50. The lowest BCUT2D eigenvalue weighted by molar-refractivity contribution is -0.117. The van der Waals surface area contributed by atoms with E-state index in [-0.39, 0.29) is 17.3 Å². The lowest BCUT2D eigenvalue weighted by atomic mass is 9.88. The van der Waals surface area contributed by atoms with Gasteiger partial charge in [-0.15, -0.1) is 0 Å². The first-order valence-corrected chi connectivity index (χ1v) is 6.48. The van der Waals surface area contributed by atoms with Gasteiger partial charge in [-0.2, -0.15) is 0 Å². The average Bonchev–Trinajstić information content (AvgIpc) is 2.38. The topological polar surface area (TPSA) is 26.3 Å². The Labute approximate surface area is 107 Å². The van der Waals surface area contributed by atoms with Gasteiger partial charge in [-0.25, -0.2) is 0 Å². The minimum atomic E-state index is -0.188. The number of carbonyl (C=O) groups is 1. The van der Waals surface area contributed by atoms with E-state index in [0.29, 0.717) is 6.61 Å². The van der Waals surface area contributed by atoms with Crippen LogP contribution in [0.1, 0.15) is 31.2 Å². The van der Waals surface area contributed by atoms with Crippen LogP contribution in [-0.2, 0) is 16.1 Å². The summed E-state index contributed by atoms with van der Waals surface area (Å²) in [5.41, 5.74) is 1.20. The van der Waals surface area contributed by atoms with Gasteiger partial charge >= 0.3 is 0 Å². The molecule has 0 unspecified atom stereocenters. The minimum Gasteiger partial charge on any atom is -0.374 e. The van der Waals surface area contributed by atoms with Crippen molar-refractivity contribution in [2.75, 3.05) is 0 Å². The smallest absolute Gasteiger partial charge is 0.224 e. The third-order valence-electron chi connectivity index (χ3n) is 3.32. The molecule has 0 heterocycles. The minimum absolute atomic E-state index is 0.0493. The Bertz CT molecular complexity index is 356. The Hall–Kier alpha value is -0.860. The van der Waals surface area contributed by atoms with Gasteiger partial charge in [-0.1, -0.05) is 30.3 Å². The zero-order valence-corrected chi connectivity index (χ0v) is 10.5. The molecule has 1 fully saturated rings. The number of benzene rings is 1. The van der Waals surface area contributed by atoms with E-state index < -0.39 is 0 Å². The van der Waals surface area contributed by atoms with Crippen molar-refractivity contribution in [3.63, 3.8) is 0 Å². The van der Waals surface area contributed by atoms with Gasteiger partial charge in [0, 0.05) is 5.92 Å². The molecule has 1 aromatic rings. The van der Waals surface area contributed by atoms with Crippen LogP contribution in [0.2, 0.25) is 0 Å². The summed E-state index contributed by atoms with van der Waals surface area (Å²) in [6, 6.07) is 10.2. The molecule has 3 heteroatoms. The van der Waals surface area contributed by atoms with Crippen molar-refractivity contribution in [1.29, 1.82) is 0 Å². The molecule has 0 aliphatic heterocycles. The number of hydrogen-bond donors (Lipinski definition) is 0. The molecule has 0 N–H and O–H groups in total. The predicted molar refractivity (Wildman–Crippen MR) is 67.8 cm³/mol. The van der Waals surface area contributed by atoms with Crippen LogP contribution in [0.25, 0.3) is 0 Å². The van der Waals surface area contributed by atoms with E-state index in [2.05, 4.69) is 12.1 Å². The number of hydrogen-bond acceptors (Lipinski definition) is 2. The highest BCUT2D eigenvalue weighted by Gasteiger charge is 2.25. The number of rotatable bonds is 4. The largest absolute Gasteiger partial charge is 0.374 e. The summed E-state index contributed by atoms with van der Waals surface area (Å²) in [7, 11) is 0. The molecule has 0 saturated heterocycles. The number of halogens is 1. The highest BCUT2D eigenvalue weighted by Crippen LogP contribution is 2.28. The highest BCUT2D eigenvalue weighted by atomic mass is 35.5. The fraction of sp³-hybridized carbons (Fsp3) is 0.500. The Balaban J connectivity index is 1.74. The maximum absolute atomic E-state index is 11.0. The summed E-state index contributed by atoms with van der Waals surface area (Å²) in [6.45, 7) is 0.658. The van der Waals surface area contributed by atoms with Crippen LogP contribution in [0.5, 0.6) is 0 Å². The summed E-state index contributed by atoms with van der Waals surface area (Å²) in [5, 5.41) is -0.188. The van der Waals surface area contributed by atoms with E-state index >= 15 is 0 Å². The molecule has 1 aliphatic carbocycles. The Morgan fingerprint density at radius 2 is 1.82 bits per heavy atom. The zero-order valence-electron chi connectivity index (χ0n) is 9.77. The van der Waals surface area contributed by atoms with Crippen LogP contribution in [0.4, 0.5) is 0 Å². The van der Waals surface area contributed by atoms with Crippen molar-refractivity contribution >= 4 is 16.8 Å². The highest BCUT2D eigenvalue weighted by molar-refractivity contribution is 6.63. The molecule has 1 saturated carbocycles. The van der Waals surface area contributed by atoms with Gasteiger partial charge in [0.05, 0.1) is 12.7 Å². The molecule has 0 radical (unpaired) electrons. The van der Waals surface area contributed by atoms with Crippen molar-refractivity contribution in [2.24, 2.45) is 5.92 Å². The fourth-order valence-corrected chi connectivity index (χ4v) is 2.46. The third kappa shape index (κ3) is 3.83. The second-order valence-electron chi connectivity index (χ2n) is 4.57. The Morgan fingerprint density at radius 3 is 2.41 bits per heavy atom. The van der Waals surface area contributed by atoms with Crippen LogP contribution < -0.4 is 0 Å². The molecule has 2 nitrogen and oxygen atoms in total. The van der Waals surface area contributed by atoms with Crippen LogP contribution in [0.3, 0.4) is 0 Å². The molecule has 0 atom stereocenters. The maximum Gasteiger partial charge on any atom is 0.224 e. The normalized spacial score (nSPS) is 24.5. The SMILES string of the molecule is O=C(Cl)C1CCC(OCc2ccccc2)CC1. The first-order chi connectivity index (χ1) is 8.25. The van der Waals surface area contributed by atoms with Crippen molar-refractivity contribution in [3.8, 4) is 0 Å². The maximum atomic E-state index is 11.0. The van der Waals surface area contributed by atoms with Crippen LogP contribution in [0.15, 0.2) is 30.3 Å². The van der Waals surface area contributed by atoms with E-state index in [0.717, 1.165) is 25.7 Å². The molecule has 0 aromatic heterocycles. The molecule has 2 rings (SSSR count). The van der Waals surface area contributed by atoms with Gasteiger partial charge in [0.25, 0.3) is 0 Å². The van der Waals surface area contributed by atoms with Gasteiger partial charge in [-0.05, 0) is 42.8 Å². The van der Waals surface area contributed by atoms with Gasteiger partial charge < -0.3 is 4.74 Å². The van der Waals surface area contributed by atoms with E-state index in [1.165, 1.54) is 5.56 Å². The molecule has 92 valence electrons. The molecule has 0 bridgehead atoms. The van der Waals surface area contributed by atoms with Crippen LogP contribution >= 0.6 is 11.6 Å². The zero-order chi connectivity index (χ0) is 12.1. The van der Waals surface area contributed by atoms with Gasteiger partial charge in [-0.3, -0.25) is 4.79 Å². The molecule has 0 spiro atoms. The van der Waals surface area contributed by atoms with E-state index in [4.69, 9.17) is 16.3 Å². The molecule has 1 aromatic carbocycles. The van der Waals surface area contributed by atoms with Crippen molar-refractivity contribution in [3.05, 3.63) is 35.9 Å². The molecular weight excluding hydrogens is 236 g/mol. The van der Waals surface area contributed by atoms with Crippen molar-refractivity contribution in [2.45, 2.75) is 38.4 Å². The molecule has 17 heavy (non-hydrogen) atoms. The summed E-state index contributed by atoms with van der Waals surface area (Å²) in [5.74, 6) is 0.0493. The van der Waals surface area contributed by atoms with E-state index in [1.54, 1.807) is 0 Å². The van der Waals surface area contributed by atoms with Crippen molar-refractivity contribution in [1.82, 2.24) is 0 Å². The van der Waals surface area contributed by atoms with Crippen LogP contribution in [0, 0.1) is 5.92 Å². The van der Waals surface area contributed by atoms with E-state index in [9.17, 15) is 4.79 Å².